The predicted molar refractivity (Wildman–Crippen MR) is 49.3 cm³/mol. The van der Waals surface area contributed by atoms with Crippen LogP contribution in [0.2, 0.25) is 0 Å². The minimum absolute atomic E-state index is 0.189. The molecule has 2 rings (SSSR count). The molecule has 0 amide bonds. The zero-order valence-corrected chi connectivity index (χ0v) is 7.79. The van der Waals surface area contributed by atoms with E-state index in [2.05, 4.69) is 9.99 Å². The van der Waals surface area contributed by atoms with E-state index < -0.39 is 0 Å². The van der Waals surface area contributed by atoms with Crippen LogP contribution in [0.25, 0.3) is 0 Å². The molecule has 0 aromatic rings. The summed E-state index contributed by atoms with van der Waals surface area (Å²) in [5, 5.41) is 3.78. The van der Waals surface area contributed by atoms with E-state index in [1.165, 1.54) is 32.1 Å². The van der Waals surface area contributed by atoms with Gasteiger partial charge in [0.2, 0.25) is 0 Å². The third-order valence-corrected chi connectivity index (χ3v) is 2.87. The second-order valence-electron chi connectivity index (χ2n) is 4.01. The molecule has 0 atom stereocenters. The van der Waals surface area contributed by atoms with Crippen LogP contribution < -0.4 is 0 Å². The molecule has 3 heteroatoms. The molecule has 1 heterocycles. The molecule has 0 radical (unpaired) electrons. The topological polar surface area (TPSA) is 38.7 Å². The second kappa shape index (κ2) is 3.90. The van der Waals surface area contributed by atoms with Crippen LogP contribution in [0.4, 0.5) is 0 Å². The van der Waals surface area contributed by atoms with Crippen LogP contribution in [-0.4, -0.2) is 11.7 Å². The van der Waals surface area contributed by atoms with Crippen LogP contribution >= 0.6 is 0 Å². The second-order valence-corrected chi connectivity index (χ2v) is 4.01. The Kier molecular flexibility index (Phi) is 2.62. The highest BCUT2D eigenvalue weighted by Crippen LogP contribution is 2.27. The van der Waals surface area contributed by atoms with Gasteiger partial charge >= 0.3 is 5.97 Å². The molecule has 13 heavy (non-hydrogen) atoms. The van der Waals surface area contributed by atoms with Crippen LogP contribution in [0.3, 0.4) is 0 Å². The minimum Gasteiger partial charge on any atom is -0.318 e. The molecular formula is C10H15NO2. The number of nitrogens with zero attached hydrogens (tertiary/aromatic N) is 1. The lowest BCUT2D eigenvalue weighted by Crippen LogP contribution is -2.11. The Morgan fingerprint density at radius 1 is 1.31 bits per heavy atom. The largest absolute Gasteiger partial charge is 0.340 e. The molecule has 1 aliphatic carbocycles. The summed E-state index contributed by atoms with van der Waals surface area (Å²) in [4.78, 5) is 15.3. The lowest BCUT2D eigenvalue weighted by molar-refractivity contribution is -0.140. The normalized spacial score (nSPS) is 24.3. The monoisotopic (exact) mass is 181 g/mol. The van der Waals surface area contributed by atoms with Crippen molar-refractivity contribution >= 4 is 11.7 Å². The first-order chi connectivity index (χ1) is 6.34. The first-order valence-corrected chi connectivity index (χ1v) is 5.10. The van der Waals surface area contributed by atoms with Gasteiger partial charge in [-0.15, -0.1) is 0 Å². The van der Waals surface area contributed by atoms with Gasteiger partial charge in [0.1, 0.15) is 0 Å². The molecule has 2 aliphatic rings. The Bertz CT molecular complexity index is 229. The molecule has 72 valence electrons. The summed E-state index contributed by atoms with van der Waals surface area (Å²) in [7, 11) is 0. The molecule has 0 saturated heterocycles. The fourth-order valence-corrected chi connectivity index (χ4v) is 2.18. The van der Waals surface area contributed by atoms with Crippen molar-refractivity contribution in [1.82, 2.24) is 0 Å². The molecule has 0 aromatic heterocycles. The van der Waals surface area contributed by atoms with Crippen molar-refractivity contribution < 1.29 is 9.63 Å². The molecule has 1 saturated carbocycles. The highest BCUT2D eigenvalue weighted by atomic mass is 16.7. The molecule has 1 aliphatic heterocycles. The van der Waals surface area contributed by atoms with Crippen molar-refractivity contribution in [1.29, 1.82) is 0 Å². The average molecular weight is 181 g/mol. The van der Waals surface area contributed by atoms with E-state index in [0.717, 1.165) is 18.1 Å². The Labute approximate surface area is 78.1 Å². The van der Waals surface area contributed by atoms with E-state index in [9.17, 15) is 4.79 Å². The van der Waals surface area contributed by atoms with E-state index in [0.29, 0.717) is 6.42 Å². The number of rotatable bonds is 2. The molecule has 0 N–H and O–H groups in total. The predicted octanol–water partition coefficient (Wildman–Crippen LogP) is 2.26. The quantitative estimate of drug-likeness (QED) is 0.613. The summed E-state index contributed by atoms with van der Waals surface area (Å²) in [5.41, 5.74) is 0.955. The van der Waals surface area contributed by atoms with E-state index >= 15 is 0 Å². The van der Waals surface area contributed by atoms with Gasteiger partial charge in [-0.3, -0.25) is 0 Å². The third-order valence-electron chi connectivity index (χ3n) is 2.87. The Morgan fingerprint density at radius 2 is 2.08 bits per heavy atom. The molecule has 3 nitrogen and oxygen atoms in total. The third kappa shape index (κ3) is 2.29. The van der Waals surface area contributed by atoms with Crippen LogP contribution in [0.15, 0.2) is 5.16 Å². The Morgan fingerprint density at radius 3 is 2.69 bits per heavy atom. The van der Waals surface area contributed by atoms with Crippen molar-refractivity contribution in [2.45, 2.75) is 44.9 Å². The minimum atomic E-state index is -0.189. The first kappa shape index (κ1) is 8.73. The van der Waals surface area contributed by atoms with Crippen molar-refractivity contribution in [3.05, 3.63) is 0 Å². The number of carbonyl (C=O) groups excluding carboxylic acids is 1. The van der Waals surface area contributed by atoms with Crippen molar-refractivity contribution in [3.8, 4) is 0 Å². The Hall–Kier alpha value is -0.860. The van der Waals surface area contributed by atoms with E-state index in [-0.39, 0.29) is 5.97 Å². The summed E-state index contributed by atoms with van der Waals surface area (Å²) >= 11 is 0. The average Bonchev–Trinajstić information content (AvgIpc) is 2.53. The van der Waals surface area contributed by atoms with Gasteiger partial charge in [0.15, 0.2) is 0 Å². The van der Waals surface area contributed by atoms with Gasteiger partial charge in [0, 0.05) is 0 Å². The highest BCUT2D eigenvalue weighted by molar-refractivity contribution is 6.01. The van der Waals surface area contributed by atoms with Crippen LogP contribution in [0.1, 0.15) is 44.9 Å². The van der Waals surface area contributed by atoms with Gasteiger partial charge in [-0.05, 0) is 12.3 Å². The van der Waals surface area contributed by atoms with Gasteiger partial charge in [-0.1, -0.05) is 37.3 Å². The van der Waals surface area contributed by atoms with E-state index in [1.807, 2.05) is 0 Å². The zero-order valence-electron chi connectivity index (χ0n) is 7.79. The SMILES string of the molecule is O=C1CC(CC2CCCCC2)=NO1. The fourth-order valence-electron chi connectivity index (χ4n) is 2.18. The fraction of sp³-hybridized carbons (Fsp3) is 0.800. The standard InChI is InChI=1S/C10H15NO2/c12-10-7-9(11-13-10)6-8-4-2-1-3-5-8/h8H,1-7H2. The summed E-state index contributed by atoms with van der Waals surface area (Å²) in [6, 6.07) is 0. The number of hydrogen-bond donors (Lipinski definition) is 0. The van der Waals surface area contributed by atoms with Crippen molar-refractivity contribution in [3.63, 3.8) is 0 Å². The van der Waals surface area contributed by atoms with Gasteiger partial charge < -0.3 is 4.84 Å². The van der Waals surface area contributed by atoms with E-state index in [1.54, 1.807) is 0 Å². The maximum atomic E-state index is 10.8. The van der Waals surface area contributed by atoms with Gasteiger partial charge in [-0.2, -0.15) is 0 Å². The van der Waals surface area contributed by atoms with Gasteiger partial charge in [-0.25, -0.2) is 4.79 Å². The van der Waals surface area contributed by atoms with Gasteiger partial charge in [0.25, 0.3) is 0 Å². The highest BCUT2D eigenvalue weighted by Gasteiger charge is 2.22. The smallest absolute Gasteiger partial charge is 0.318 e. The molecular weight excluding hydrogens is 166 g/mol. The number of oxime groups is 1. The van der Waals surface area contributed by atoms with Gasteiger partial charge in [0.05, 0.1) is 12.1 Å². The van der Waals surface area contributed by atoms with Crippen molar-refractivity contribution in [2.75, 3.05) is 0 Å². The van der Waals surface area contributed by atoms with E-state index in [4.69, 9.17) is 0 Å². The van der Waals surface area contributed by atoms with Crippen molar-refractivity contribution in [2.24, 2.45) is 11.1 Å². The lowest BCUT2D eigenvalue weighted by atomic mass is 9.85. The summed E-state index contributed by atoms with van der Waals surface area (Å²) in [6.45, 7) is 0. The number of carbonyl (C=O) groups is 1. The zero-order chi connectivity index (χ0) is 9.10. The molecule has 0 aromatic carbocycles. The Balaban J connectivity index is 1.80. The maximum absolute atomic E-state index is 10.8. The molecule has 0 spiro atoms. The van der Waals surface area contributed by atoms with Crippen LogP contribution in [0, 0.1) is 5.92 Å². The summed E-state index contributed by atoms with van der Waals surface area (Å²) in [6.07, 6.45) is 8.06. The lowest BCUT2D eigenvalue weighted by Gasteiger charge is -2.20. The first-order valence-electron chi connectivity index (χ1n) is 5.10. The maximum Gasteiger partial charge on any atom is 0.340 e. The van der Waals surface area contributed by atoms with Crippen LogP contribution in [-0.2, 0) is 9.63 Å². The molecule has 0 bridgehead atoms. The molecule has 0 unspecified atom stereocenters. The summed E-state index contributed by atoms with van der Waals surface area (Å²) in [5.74, 6) is 0.563. The molecule has 1 fully saturated rings. The summed E-state index contributed by atoms with van der Waals surface area (Å²) < 4.78 is 0. The number of hydrogen-bond acceptors (Lipinski definition) is 3. The van der Waals surface area contributed by atoms with Crippen LogP contribution in [0.5, 0.6) is 0 Å².